The molecule has 0 saturated carbocycles. The Balaban J connectivity index is 3.12. The van der Waals surface area contributed by atoms with Crippen LogP contribution in [0.5, 0.6) is 0 Å². The number of hydrogen-bond donors (Lipinski definition) is 2. The van der Waals surface area contributed by atoms with Crippen LogP contribution in [0.25, 0.3) is 0 Å². The molecule has 0 radical (unpaired) electrons. The van der Waals surface area contributed by atoms with Gasteiger partial charge in [-0.3, -0.25) is 0 Å². The number of rotatable bonds is 2. The van der Waals surface area contributed by atoms with Gasteiger partial charge in [0.2, 0.25) is 0 Å². The van der Waals surface area contributed by atoms with Gasteiger partial charge in [0.15, 0.2) is 0 Å². The number of anilines is 1. The van der Waals surface area contributed by atoms with E-state index in [9.17, 15) is 4.39 Å². The topological polar surface area (TPSA) is 52.0 Å². The van der Waals surface area contributed by atoms with Crippen molar-refractivity contribution in [2.24, 2.45) is 5.73 Å². The van der Waals surface area contributed by atoms with Crippen LogP contribution in [0.15, 0.2) is 30.9 Å². The van der Waals surface area contributed by atoms with Gasteiger partial charge in [-0.1, -0.05) is 6.08 Å². The van der Waals surface area contributed by atoms with E-state index in [1.54, 1.807) is 0 Å². The predicted molar refractivity (Wildman–Crippen MR) is 47.9 cm³/mol. The van der Waals surface area contributed by atoms with Gasteiger partial charge in [0, 0.05) is 11.7 Å². The summed E-state index contributed by atoms with van der Waals surface area (Å²) in [4.78, 5) is 0. The molecule has 1 rings (SSSR count). The second kappa shape index (κ2) is 3.36. The summed E-state index contributed by atoms with van der Waals surface area (Å²) in [7, 11) is 0. The first-order valence-electron chi connectivity index (χ1n) is 3.58. The summed E-state index contributed by atoms with van der Waals surface area (Å²) in [5.41, 5.74) is 12.2. The molecule has 1 aromatic rings. The third kappa shape index (κ3) is 1.62. The molecule has 1 aromatic carbocycles. The van der Waals surface area contributed by atoms with E-state index in [1.165, 1.54) is 24.3 Å². The van der Waals surface area contributed by atoms with Gasteiger partial charge < -0.3 is 11.5 Å². The molecular formula is C9H11FN2. The molecule has 0 aliphatic rings. The van der Waals surface area contributed by atoms with Gasteiger partial charge in [-0.15, -0.1) is 6.58 Å². The van der Waals surface area contributed by atoms with Crippen molar-refractivity contribution in [1.82, 2.24) is 0 Å². The maximum atomic E-state index is 12.7. The molecular weight excluding hydrogens is 155 g/mol. The molecule has 0 bridgehead atoms. The highest BCUT2D eigenvalue weighted by atomic mass is 19.1. The lowest BCUT2D eigenvalue weighted by Crippen LogP contribution is -2.09. The second-order valence-electron chi connectivity index (χ2n) is 2.53. The van der Waals surface area contributed by atoms with Crippen LogP contribution in [0.2, 0.25) is 0 Å². The first-order chi connectivity index (χ1) is 5.65. The van der Waals surface area contributed by atoms with E-state index in [0.29, 0.717) is 11.3 Å². The van der Waals surface area contributed by atoms with Gasteiger partial charge in [0.1, 0.15) is 5.82 Å². The molecule has 1 atom stereocenters. The summed E-state index contributed by atoms with van der Waals surface area (Å²) in [6.07, 6.45) is 1.52. The van der Waals surface area contributed by atoms with Crippen LogP contribution in [0.3, 0.4) is 0 Å². The fraction of sp³-hybridized carbons (Fsp3) is 0.111. The van der Waals surface area contributed by atoms with Crippen molar-refractivity contribution >= 4 is 5.69 Å². The standard InChI is InChI=1S/C9H11FN2/c1-2-8(11)7-5-6(10)3-4-9(7)12/h2-5,8H,1,11-12H2/t8-/m0/s1. The Morgan fingerprint density at radius 3 is 2.75 bits per heavy atom. The van der Waals surface area contributed by atoms with Gasteiger partial charge in [-0.25, -0.2) is 4.39 Å². The molecule has 64 valence electrons. The molecule has 0 aliphatic heterocycles. The van der Waals surface area contributed by atoms with Crippen molar-refractivity contribution in [3.63, 3.8) is 0 Å². The summed E-state index contributed by atoms with van der Waals surface area (Å²) in [6.45, 7) is 3.50. The molecule has 0 aliphatic carbocycles. The average Bonchev–Trinajstić information content (AvgIpc) is 2.08. The lowest BCUT2D eigenvalue weighted by molar-refractivity contribution is 0.624. The zero-order valence-corrected chi connectivity index (χ0v) is 6.63. The Labute approximate surface area is 70.7 Å². The van der Waals surface area contributed by atoms with E-state index in [4.69, 9.17) is 11.5 Å². The number of halogens is 1. The van der Waals surface area contributed by atoms with Gasteiger partial charge >= 0.3 is 0 Å². The molecule has 0 unspecified atom stereocenters. The number of nitrogen functional groups attached to an aromatic ring is 1. The highest BCUT2D eigenvalue weighted by Gasteiger charge is 2.06. The average molecular weight is 166 g/mol. The van der Waals surface area contributed by atoms with Crippen LogP contribution >= 0.6 is 0 Å². The van der Waals surface area contributed by atoms with Crippen LogP contribution in [-0.2, 0) is 0 Å². The third-order valence-corrected chi connectivity index (χ3v) is 1.66. The monoisotopic (exact) mass is 166 g/mol. The zero-order valence-electron chi connectivity index (χ0n) is 6.63. The maximum absolute atomic E-state index is 12.7. The quantitative estimate of drug-likeness (QED) is 0.518. The molecule has 4 N–H and O–H groups in total. The second-order valence-corrected chi connectivity index (χ2v) is 2.53. The van der Waals surface area contributed by atoms with E-state index in [0.717, 1.165) is 0 Å². The van der Waals surface area contributed by atoms with Crippen LogP contribution in [-0.4, -0.2) is 0 Å². The Morgan fingerprint density at radius 2 is 2.17 bits per heavy atom. The van der Waals surface area contributed by atoms with Gasteiger partial charge in [-0.05, 0) is 23.8 Å². The number of hydrogen-bond acceptors (Lipinski definition) is 2. The van der Waals surface area contributed by atoms with Crippen molar-refractivity contribution in [2.45, 2.75) is 6.04 Å². The Bertz CT molecular complexity index is 297. The Hall–Kier alpha value is -1.35. The van der Waals surface area contributed by atoms with Crippen LogP contribution in [0, 0.1) is 5.82 Å². The maximum Gasteiger partial charge on any atom is 0.123 e. The van der Waals surface area contributed by atoms with Crippen molar-refractivity contribution < 1.29 is 4.39 Å². The SMILES string of the molecule is C=C[C@H](N)c1cc(F)ccc1N. The molecule has 0 saturated heterocycles. The van der Waals surface area contributed by atoms with E-state index in [1.807, 2.05) is 0 Å². The molecule has 0 amide bonds. The van der Waals surface area contributed by atoms with Crippen molar-refractivity contribution in [3.8, 4) is 0 Å². The molecule has 0 fully saturated rings. The molecule has 0 spiro atoms. The summed E-state index contributed by atoms with van der Waals surface area (Å²) >= 11 is 0. The molecule has 2 nitrogen and oxygen atoms in total. The minimum absolute atomic E-state index is 0.337. The van der Waals surface area contributed by atoms with Crippen molar-refractivity contribution in [2.75, 3.05) is 5.73 Å². The Kier molecular flexibility index (Phi) is 2.45. The normalized spacial score (nSPS) is 12.5. The molecule has 0 aromatic heterocycles. The fourth-order valence-corrected chi connectivity index (χ4v) is 0.961. The minimum Gasteiger partial charge on any atom is -0.398 e. The lowest BCUT2D eigenvalue weighted by atomic mass is 10.1. The fourth-order valence-electron chi connectivity index (χ4n) is 0.961. The molecule has 0 heterocycles. The highest BCUT2D eigenvalue weighted by Crippen LogP contribution is 2.19. The lowest BCUT2D eigenvalue weighted by Gasteiger charge is -2.09. The van der Waals surface area contributed by atoms with E-state index < -0.39 is 6.04 Å². The first-order valence-corrected chi connectivity index (χ1v) is 3.58. The predicted octanol–water partition coefficient (Wildman–Crippen LogP) is 1.59. The van der Waals surface area contributed by atoms with Gasteiger partial charge in [0.05, 0.1) is 0 Å². The van der Waals surface area contributed by atoms with E-state index in [-0.39, 0.29) is 5.82 Å². The number of benzene rings is 1. The van der Waals surface area contributed by atoms with E-state index in [2.05, 4.69) is 6.58 Å². The summed E-state index contributed by atoms with van der Waals surface area (Å²) in [5.74, 6) is -0.337. The van der Waals surface area contributed by atoms with Crippen molar-refractivity contribution in [3.05, 3.63) is 42.2 Å². The molecule has 3 heteroatoms. The van der Waals surface area contributed by atoms with Crippen LogP contribution < -0.4 is 11.5 Å². The van der Waals surface area contributed by atoms with Gasteiger partial charge in [0.25, 0.3) is 0 Å². The molecule has 12 heavy (non-hydrogen) atoms. The van der Waals surface area contributed by atoms with Gasteiger partial charge in [-0.2, -0.15) is 0 Å². The summed E-state index contributed by atoms with van der Waals surface area (Å²) < 4.78 is 12.7. The largest absolute Gasteiger partial charge is 0.398 e. The van der Waals surface area contributed by atoms with Crippen molar-refractivity contribution in [1.29, 1.82) is 0 Å². The van der Waals surface area contributed by atoms with Crippen LogP contribution in [0.4, 0.5) is 10.1 Å². The summed E-state index contributed by atoms with van der Waals surface area (Å²) in [5, 5.41) is 0. The number of nitrogens with two attached hydrogens (primary N) is 2. The van der Waals surface area contributed by atoms with E-state index >= 15 is 0 Å². The van der Waals surface area contributed by atoms with Crippen LogP contribution in [0.1, 0.15) is 11.6 Å². The Morgan fingerprint density at radius 1 is 1.50 bits per heavy atom. The summed E-state index contributed by atoms with van der Waals surface area (Å²) in [6, 6.07) is 3.71. The smallest absolute Gasteiger partial charge is 0.123 e. The highest BCUT2D eigenvalue weighted by molar-refractivity contribution is 5.49. The first kappa shape index (κ1) is 8.74. The third-order valence-electron chi connectivity index (χ3n) is 1.66. The minimum atomic E-state index is -0.402. The zero-order chi connectivity index (χ0) is 9.14.